The van der Waals surface area contributed by atoms with Gasteiger partial charge in [0.1, 0.15) is 5.82 Å². The number of hydrogen-bond donors (Lipinski definition) is 1. The van der Waals surface area contributed by atoms with Gasteiger partial charge in [0.25, 0.3) is 0 Å². The molecule has 1 aliphatic heterocycles. The molecule has 0 radical (unpaired) electrons. The van der Waals surface area contributed by atoms with Crippen molar-refractivity contribution < 1.29 is 9.18 Å². The highest BCUT2D eigenvalue weighted by Crippen LogP contribution is 2.19. The first-order valence-electron chi connectivity index (χ1n) is 7.30. The highest BCUT2D eigenvalue weighted by atomic mass is 19.1. The quantitative estimate of drug-likeness (QED) is 0.897. The molecule has 1 aromatic carbocycles. The lowest BCUT2D eigenvalue weighted by Crippen LogP contribution is -2.31. The van der Waals surface area contributed by atoms with Crippen LogP contribution in [-0.4, -0.2) is 30.4 Å². The van der Waals surface area contributed by atoms with Crippen molar-refractivity contribution in [1.82, 2.24) is 4.90 Å². The van der Waals surface area contributed by atoms with Gasteiger partial charge in [0.2, 0.25) is 5.91 Å². The van der Waals surface area contributed by atoms with E-state index in [9.17, 15) is 9.18 Å². The molecule has 2 unspecified atom stereocenters. The molecule has 3 nitrogen and oxygen atoms in total. The van der Waals surface area contributed by atoms with E-state index < -0.39 is 0 Å². The van der Waals surface area contributed by atoms with Crippen LogP contribution in [0.15, 0.2) is 24.3 Å². The van der Waals surface area contributed by atoms with Crippen molar-refractivity contribution in [3.63, 3.8) is 0 Å². The maximum atomic E-state index is 13.1. The minimum absolute atomic E-state index is 0.199. The Morgan fingerprint density at radius 1 is 1.55 bits per heavy atom. The Bertz CT molecular complexity index is 464. The van der Waals surface area contributed by atoms with Gasteiger partial charge in [-0.05, 0) is 48.9 Å². The lowest BCUT2D eigenvalue weighted by Gasteiger charge is -2.19. The molecule has 1 saturated heterocycles. The Balaban J connectivity index is 1.82. The standard InChI is InChI=1S/C16H23FN2O/c1-12(7-13-3-2-4-15(17)9-13)8-16(20)19-6-5-14(10-18)11-19/h2-4,9,12,14H,5-8,10-11,18H2,1H3. The third-order valence-electron chi connectivity index (χ3n) is 3.97. The van der Waals surface area contributed by atoms with E-state index in [1.807, 2.05) is 17.9 Å². The Kier molecular flexibility index (Phi) is 5.12. The fraction of sp³-hybridized carbons (Fsp3) is 0.562. The molecule has 0 aromatic heterocycles. The molecule has 1 amide bonds. The van der Waals surface area contributed by atoms with Gasteiger partial charge in [-0.25, -0.2) is 4.39 Å². The molecule has 1 fully saturated rings. The Morgan fingerprint density at radius 3 is 3.00 bits per heavy atom. The van der Waals surface area contributed by atoms with Gasteiger partial charge in [-0.1, -0.05) is 19.1 Å². The van der Waals surface area contributed by atoms with Crippen LogP contribution in [0, 0.1) is 17.7 Å². The zero-order valence-electron chi connectivity index (χ0n) is 12.0. The van der Waals surface area contributed by atoms with Gasteiger partial charge in [0.15, 0.2) is 0 Å². The van der Waals surface area contributed by atoms with E-state index in [1.54, 1.807) is 12.1 Å². The average Bonchev–Trinajstić information content (AvgIpc) is 2.87. The fourth-order valence-electron chi connectivity index (χ4n) is 2.82. The van der Waals surface area contributed by atoms with Gasteiger partial charge >= 0.3 is 0 Å². The lowest BCUT2D eigenvalue weighted by molar-refractivity contribution is -0.131. The first-order valence-corrected chi connectivity index (χ1v) is 7.30. The van der Waals surface area contributed by atoms with Gasteiger partial charge in [-0.2, -0.15) is 0 Å². The topological polar surface area (TPSA) is 46.3 Å². The number of nitrogens with two attached hydrogens (primary N) is 1. The van der Waals surface area contributed by atoms with Crippen molar-refractivity contribution in [2.75, 3.05) is 19.6 Å². The maximum Gasteiger partial charge on any atom is 0.222 e. The van der Waals surface area contributed by atoms with E-state index in [-0.39, 0.29) is 17.6 Å². The van der Waals surface area contributed by atoms with Crippen LogP contribution in [0.25, 0.3) is 0 Å². The number of likely N-dealkylation sites (tertiary alicyclic amines) is 1. The summed E-state index contributed by atoms with van der Waals surface area (Å²) in [5.41, 5.74) is 6.59. The predicted molar refractivity (Wildman–Crippen MR) is 77.6 cm³/mol. The van der Waals surface area contributed by atoms with Crippen molar-refractivity contribution in [2.45, 2.75) is 26.2 Å². The van der Waals surface area contributed by atoms with Crippen LogP contribution < -0.4 is 5.73 Å². The first kappa shape index (κ1) is 15.0. The minimum Gasteiger partial charge on any atom is -0.342 e. The number of amides is 1. The molecule has 4 heteroatoms. The number of halogens is 1. The zero-order valence-corrected chi connectivity index (χ0v) is 12.0. The average molecular weight is 278 g/mol. The number of rotatable bonds is 5. The largest absolute Gasteiger partial charge is 0.342 e. The van der Waals surface area contributed by atoms with Crippen LogP contribution in [0.2, 0.25) is 0 Å². The second-order valence-electron chi connectivity index (χ2n) is 5.87. The Morgan fingerprint density at radius 2 is 2.35 bits per heavy atom. The smallest absolute Gasteiger partial charge is 0.222 e. The number of carbonyl (C=O) groups excluding carboxylic acids is 1. The summed E-state index contributed by atoms with van der Waals surface area (Å²) in [5.74, 6) is 0.662. The molecule has 0 bridgehead atoms. The van der Waals surface area contributed by atoms with Crippen LogP contribution in [0.4, 0.5) is 4.39 Å². The van der Waals surface area contributed by atoms with E-state index in [2.05, 4.69) is 0 Å². The van der Waals surface area contributed by atoms with Gasteiger partial charge in [0.05, 0.1) is 0 Å². The maximum absolute atomic E-state index is 13.1. The number of hydrogen-bond acceptors (Lipinski definition) is 2. The van der Waals surface area contributed by atoms with Crippen LogP contribution in [-0.2, 0) is 11.2 Å². The molecule has 0 aliphatic carbocycles. The third kappa shape index (κ3) is 4.04. The van der Waals surface area contributed by atoms with Crippen molar-refractivity contribution in [1.29, 1.82) is 0 Å². The summed E-state index contributed by atoms with van der Waals surface area (Å²) in [6, 6.07) is 6.60. The van der Waals surface area contributed by atoms with Gasteiger partial charge in [-0.3, -0.25) is 4.79 Å². The third-order valence-corrected chi connectivity index (χ3v) is 3.97. The van der Waals surface area contributed by atoms with Crippen LogP contribution in [0.5, 0.6) is 0 Å². The molecule has 20 heavy (non-hydrogen) atoms. The zero-order chi connectivity index (χ0) is 14.5. The second kappa shape index (κ2) is 6.84. The lowest BCUT2D eigenvalue weighted by atomic mass is 9.97. The summed E-state index contributed by atoms with van der Waals surface area (Å²) in [7, 11) is 0. The fourth-order valence-corrected chi connectivity index (χ4v) is 2.82. The number of nitrogens with zero attached hydrogens (tertiary/aromatic N) is 1. The van der Waals surface area contributed by atoms with Crippen molar-refractivity contribution in [3.05, 3.63) is 35.6 Å². The second-order valence-corrected chi connectivity index (χ2v) is 5.87. The highest BCUT2D eigenvalue weighted by Gasteiger charge is 2.25. The minimum atomic E-state index is -0.216. The van der Waals surface area contributed by atoms with Gasteiger partial charge in [0, 0.05) is 19.5 Å². The van der Waals surface area contributed by atoms with Crippen molar-refractivity contribution in [3.8, 4) is 0 Å². The molecule has 0 saturated carbocycles. The summed E-state index contributed by atoms with van der Waals surface area (Å²) >= 11 is 0. The van der Waals surface area contributed by atoms with Crippen LogP contribution in [0.1, 0.15) is 25.3 Å². The molecule has 2 atom stereocenters. The highest BCUT2D eigenvalue weighted by molar-refractivity contribution is 5.76. The SMILES string of the molecule is CC(CC(=O)N1CCC(CN)C1)Cc1cccc(F)c1. The van der Waals surface area contributed by atoms with E-state index in [0.29, 0.717) is 18.9 Å². The van der Waals surface area contributed by atoms with Gasteiger partial charge < -0.3 is 10.6 Å². The Hall–Kier alpha value is -1.42. The predicted octanol–water partition coefficient (Wildman–Crippen LogP) is 2.20. The van der Waals surface area contributed by atoms with Crippen LogP contribution in [0.3, 0.4) is 0 Å². The normalized spacial score (nSPS) is 20.1. The summed E-state index contributed by atoms with van der Waals surface area (Å²) in [6.07, 6.45) is 2.27. The summed E-state index contributed by atoms with van der Waals surface area (Å²) in [5, 5.41) is 0. The van der Waals surface area contributed by atoms with E-state index in [0.717, 1.165) is 31.5 Å². The molecule has 0 spiro atoms. The Labute approximate surface area is 120 Å². The molecule has 1 heterocycles. The number of carbonyl (C=O) groups is 1. The molecular weight excluding hydrogens is 255 g/mol. The van der Waals surface area contributed by atoms with Crippen LogP contribution >= 0.6 is 0 Å². The molecule has 1 aliphatic rings. The summed E-state index contributed by atoms with van der Waals surface area (Å²) < 4.78 is 13.1. The van der Waals surface area contributed by atoms with E-state index in [4.69, 9.17) is 5.73 Å². The molecular formula is C16H23FN2O. The molecule has 2 N–H and O–H groups in total. The molecule has 1 aromatic rings. The monoisotopic (exact) mass is 278 g/mol. The summed E-state index contributed by atoms with van der Waals surface area (Å²) in [6.45, 7) is 4.32. The van der Waals surface area contributed by atoms with Crippen molar-refractivity contribution in [2.24, 2.45) is 17.6 Å². The number of benzene rings is 1. The first-order chi connectivity index (χ1) is 9.58. The molecule has 110 valence electrons. The van der Waals surface area contributed by atoms with E-state index >= 15 is 0 Å². The van der Waals surface area contributed by atoms with E-state index in [1.165, 1.54) is 6.07 Å². The molecule has 2 rings (SSSR count). The van der Waals surface area contributed by atoms with Crippen molar-refractivity contribution >= 4 is 5.91 Å². The summed E-state index contributed by atoms with van der Waals surface area (Å²) in [4.78, 5) is 14.1. The van der Waals surface area contributed by atoms with Gasteiger partial charge in [-0.15, -0.1) is 0 Å².